The Morgan fingerprint density at radius 2 is 1.85 bits per heavy atom. The number of nitrogens with zero attached hydrogens (tertiary/aromatic N) is 2. The molecule has 0 aliphatic carbocycles. The second-order valence-electron chi connectivity index (χ2n) is 5.81. The van der Waals surface area contributed by atoms with Crippen LogP contribution in [0, 0.1) is 13.8 Å². The van der Waals surface area contributed by atoms with E-state index in [9.17, 15) is 13.2 Å². The lowest BCUT2D eigenvalue weighted by Crippen LogP contribution is -2.31. The molecule has 0 saturated carbocycles. The summed E-state index contributed by atoms with van der Waals surface area (Å²) in [4.78, 5) is 4.21. The average Bonchev–Trinajstić information content (AvgIpc) is 2.79. The van der Waals surface area contributed by atoms with E-state index in [1.807, 2.05) is 20.2 Å². The van der Waals surface area contributed by atoms with E-state index in [0.717, 1.165) is 25.2 Å². The summed E-state index contributed by atoms with van der Waals surface area (Å²) in [7, 11) is 4.02. The molecule has 0 unspecified atom stereocenters. The monoisotopic (exact) mass is 286 g/mol. The fourth-order valence-electron chi connectivity index (χ4n) is 2.84. The molecule has 0 bridgehead atoms. The molecule has 0 amide bonds. The number of rotatable bonds is 2. The van der Waals surface area contributed by atoms with Gasteiger partial charge in [-0.25, -0.2) is 0 Å². The molecule has 1 heterocycles. The Labute approximate surface area is 118 Å². The van der Waals surface area contributed by atoms with Crippen LogP contribution in [0.4, 0.5) is 18.9 Å². The molecule has 20 heavy (non-hydrogen) atoms. The van der Waals surface area contributed by atoms with Gasteiger partial charge in [0, 0.05) is 24.8 Å². The third-order valence-corrected chi connectivity index (χ3v) is 4.06. The van der Waals surface area contributed by atoms with E-state index < -0.39 is 11.7 Å². The molecule has 2 rings (SSSR count). The molecule has 2 nitrogen and oxygen atoms in total. The van der Waals surface area contributed by atoms with Gasteiger partial charge in [-0.1, -0.05) is 0 Å². The van der Waals surface area contributed by atoms with Gasteiger partial charge in [0.1, 0.15) is 0 Å². The molecular weight excluding hydrogens is 265 g/mol. The summed E-state index contributed by atoms with van der Waals surface area (Å²) in [6.07, 6.45) is -3.30. The molecule has 1 aliphatic heterocycles. The first-order valence-corrected chi connectivity index (χ1v) is 6.80. The van der Waals surface area contributed by atoms with Gasteiger partial charge in [0.15, 0.2) is 0 Å². The van der Waals surface area contributed by atoms with E-state index >= 15 is 0 Å². The predicted octanol–water partition coefficient (Wildman–Crippen LogP) is 3.46. The van der Waals surface area contributed by atoms with Crippen LogP contribution in [0.3, 0.4) is 0 Å². The summed E-state index contributed by atoms with van der Waals surface area (Å²) < 4.78 is 39.2. The second kappa shape index (κ2) is 5.28. The van der Waals surface area contributed by atoms with Gasteiger partial charge in [-0.2, -0.15) is 13.2 Å². The van der Waals surface area contributed by atoms with Crippen LogP contribution in [0.2, 0.25) is 0 Å². The van der Waals surface area contributed by atoms with Gasteiger partial charge in [0.2, 0.25) is 0 Å². The van der Waals surface area contributed by atoms with Crippen LogP contribution in [0.25, 0.3) is 0 Å². The van der Waals surface area contributed by atoms with Crippen LogP contribution in [0.5, 0.6) is 0 Å². The number of halogens is 3. The van der Waals surface area contributed by atoms with Crippen molar-refractivity contribution in [3.63, 3.8) is 0 Å². The smallest absolute Gasteiger partial charge is 0.370 e. The molecule has 1 atom stereocenters. The van der Waals surface area contributed by atoms with Gasteiger partial charge in [-0.05, 0) is 57.6 Å². The maximum Gasteiger partial charge on any atom is 0.416 e. The average molecular weight is 286 g/mol. The minimum absolute atomic E-state index is 0.336. The quantitative estimate of drug-likeness (QED) is 0.821. The molecule has 1 saturated heterocycles. The highest BCUT2D eigenvalue weighted by molar-refractivity contribution is 5.59. The van der Waals surface area contributed by atoms with E-state index in [2.05, 4.69) is 9.80 Å². The molecule has 1 aliphatic rings. The van der Waals surface area contributed by atoms with Gasteiger partial charge < -0.3 is 9.80 Å². The number of alkyl halides is 3. The molecule has 112 valence electrons. The topological polar surface area (TPSA) is 6.48 Å². The van der Waals surface area contributed by atoms with Crippen molar-refractivity contribution >= 4 is 5.69 Å². The zero-order valence-corrected chi connectivity index (χ0v) is 12.4. The van der Waals surface area contributed by atoms with Gasteiger partial charge in [0.05, 0.1) is 5.56 Å². The van der Waals surface area contributed by atoms with Crippen LogP contribution in [-0.2, 0) is 6.18 Å². The highest BCUT2D eigenvalue weighted by Gasteiger charge is 2.35. The normalized spacial score (nSPS) is 20.0. The van der Waals surface area contributed by atoms with Crippen molar-refractivity contribution < 1.29 is 13.2 Å². The number of aryl methyl sites for hydroxylation is 1. The van der Waals surface area contributed by atoms with Gasteiger partial charge in [-0.3, -0.25) is 0 Å². The number of benzene rings is 1. The Bertz CT molecular complexity index is 495. The van der Waals surface area contributed by atoms with Crippen LogP contribution in [0.1, 0.15) is 23.1 Å². The molecule has 0 N–H and O–H groups in total. The van der Waals surface area contributed by atoms with Crippen LogP contribution in [-0.4, -0.2) is 38.1 Å². The van der Waals surface area contributed by atoms with Crippen LogP contribution < -0.4 is 4.90 Å². The third kappa shape index (κ3) is 2.92. The lowest BCUT2D eigenvalue weighted by molar-refractivity contribution is -0.138. The minimum Gasteiger partial charge on any atom is -0.370 e. The van der Waals surface area contributed by atoms with Crippen molar-refractivity contribution in [3.8, 4) is 0 Å². The first kappa shape index (κ1) is 15.2. The number of likely N-dealkylation sites (N-methyl/N-ethyl adjacent to an activating group) is 1. The predicted molar refractivity (Wildman–Crippen MR) is 75.2 cm³/mol. The summed E-state index contributed by atoms with van der Waals surface area (Å²) in [6, 6.07) is 3.50. The Balaban J connectivity index is 2.36. The van der Waals surface area contributed by atoms with E-state index in [-0.39, 0.29) is 0 Å². The van der Waals surface area contributed by atoms with E-state index in [1.54, 1.807) is 13.8 Å². The molecular formula is C15H21F3N2. The summed E-state index contributed by atoms with van der Waals surface area (Å²) in [6.45, 7) is 4.89. The first-order chi connectivity index (χ1) is 9.20. The van der Waals surface area contributed by atoms with E-state index in [4.69, 9.17) is 0 Å². The molecule has 1 fully saturated rings. The van der Waals surface area contributed by atoms with Crippen LogP contribution >= 0.6 is 0 Å². The highest BCUT2D eigenvalue weighted by Crippen LogP contribution is 2.37. The first-order valence-electron chi connectivity index (χ1n) is 6.80. The molecule has 0 aromatic heterocycles. The maximum absolute atomic E-state index is 13.1. The van der Waals surface area contributed by atoms with Crippen molar-refractivity contribution in [1.82, 2.24) is 4.90 Å². The molecule has 0 radical (unpaired) electrons. The van der Waals surface area contributed by atoms with Gasteiger partial charge in [0.25, 0.3) is 0 Å². The second-order valence-corrected chi connectivity index (χ2v) is 5.81. The highest BCUT2D eigenvalue weighted by atomic mass is 19.4. The maximum atomic E-state index is 13.1. The standard InChI is InChI=1S/C15H21F3N2/c1-10-7-13(15(16,17)18)11(2)14(8-10)20-6-5-12(9-20)19(3)4/h7-8,12H,5-6,9H2,1-4H3/t12-/m0/s1. The fraction of sp³-hybridized carbons (Fsp3) is 0.600. The number of hydrogen-bond donors (Lipinski definition) is 0. The van der Waals surface area contributed by atoms with Crippen molar-refractivity contribution in [2.24, 2.45) is 0 Å². The van der Waals surface area contributed by atoms with Gasteiger partial charge >= 0.3 is 6.18 Å². The molecule has 1 aromatic carbocycles. The summed E-state index contributed by atoms with van der Waals surface area (Å²) in [5.74, 6) is 0. The van der Waals surface area contributed by atoms with Crippen molar-refractivity contribution in [3.05, 3.63) is 28.8 Å². The molecule has 5 heteroatoms. The van der Waals surface area contributed by atoms with Crippen molar-refractivity contribution in [2.75, 3.05) is 32.1 Å². The van der Waals surface area contributed by atoms with Gasteiger partial charge in [-0.15, -0.1) is 0 Å². The summed E-state index contributed by atoms with van der Waals surface area (Å²) >= 11 is 0. The Kier molecular flexibility index (Phi) is 4.00. The lowest BCUT2D eigenvalue weighted by atomic mass is 10.0. The Morgan fingerprint density at radius 3 is 2.35 bits per heavy atom. The van der Waals surface area contributed by atoms with E-state index in [1.165, 1.54) is 6.07 Å². The summed E-state index contributed by atoms with van der Waals surface area (Å²) in [5.41, 5.74) is 1.20. The molecule has 1 aromatic rings. The zero-order valence-electron chi connectivity index (χ0n) is 12.4. The summed E-state index contributed by atoms with van der Waals surface area (Å²) in [5, 5.41) is 0. The van der Waals surface area contributed by atoms with Crippen molar-refractivity contribution in [1.29, 1.82) is 0 Å². The fourth-order valence-corrected chi connectivity index (χ4v) is 2.84. The van der Waals surface area contributed by atoms with Crippen LogP contribution in [0.15, 0.2) is 12.1 Å². The lowest BCUT2D eigenvalue weighted by Gasteiger charge is -2.25. The SMILES string of the molecule is Cc1cc(N2CC[C@H](N(C)C)C2)c(C)c(C(F)(F)F)c1. The van der Waals surface area contributed by atoms with Crippen molar-refractivity contribution in [2.45, 2.75) is 32.5 Å². The zero-order chi connectivity index (χ0) is 15.1. The van der Waals surface area contributed by atoms with E-state index in [0.29, 0.717) is 17.2 Å². The Morgan fingerprint density at radius 1 is 1.20 bits per heavy atom. The number of hydrogen-bond acceptors (Lipinski definition) is 2. The number of anilines is 1. The molecule has 0 spiro atoms. The third-order valence-electron chi connectivity index (χ3n) is 4.06. The Hall–Kier alpha value is -1.23. The largest absolute Gasteiger partial charge is 0.416 e. The minimum atomic E-state index is -4.29.